The summed E-state index contributed by atoms with van der Waals surface area (Å²) in [7, 11) is 0. The van der Waals surface area contributed by atoms with Gasteiger partial charge in [0.05, 0.1) is 13.2 Å². The third-order valence-corrected chi connectivity index (χ3v) is 3.71. The lowest BCUT2D eigenvalue weighted by molar-refractivity contribution is -0.215. The average molecular weight is 311 g/mol. The molecule has 0 bridgehead atoms. The number of rotatable bonds is 3. The number of aromatic nitrogens is 1. The largest absolute Gasteiger partial charge is 0.485 e. The maximum atomic E-state index is 5.92. The minimum absolute atomic E-state index is 0.142. The van der Waals surface area contributed by atoms with E-state index in [0.717, 1.165) is 22.4 Å². The number of nitrogens with zero attached hydrogens (tertiary/aromatic N) is 1. The van der Waals surface area contributed by atoms with E-state index in [0.29, 0.717) is 19.1 Å². The Hall–Kier alpha value is -2.37. The Morgan fingerprint density at radius 2 is 1.83 bits per heavy atom. The number of fused-ring (bicyclic) bond motifs is 1. The molecule has 118 valence electrons. The Morgan fingerprint density at radius 1 is 1.04 bits per heavy atom. The molecule has 0 spiro atoms. The Morgan fingerprint density at radius 3 is 2.61 bits per heavy atom. The molecule has 3 aromatic rings. The Balaban J connectivity index is 1.40. The lowest BCUT2D eigenvalue weighted by Gasteiger charge is -2.29. The van der Waals surface area contributed by atoms with Gasteiger partial charge in [0.15, 0.2) is 17.8 Å². The van der Waals surface area contributed by atoms with E-state index in [1.54, 1.807) is 0 Å². The predicted molar refractivity (Wildman–Crippen MR) is 84.2 cm³/mol. The molecule has 0 unspecified atom stereocenters. The molecular weight excluding hydrogens is 294 g/mol. The average Bonchev–Trinajstić information content (AvgIpc) is 2.96. The van der Waals surface area contributed by atoms with Crippen LogP contribution in [0.15, 0.2) is 52.9 Å². The molecule has 0 radical (unpaired) electrons. The van der Waals surface area contributed by atoms with E-state index in [1.165, 1.54) is 0 Å². The molecule has 23 heavy (non-hydrogen) atoms. The summed E-state index contributed by atoms with van der Waals surface area (Å²) in [5, 5.41) is 0. The smallest absolute Gasteiger partial charge is 0.192 e. The van der Waals surface area contributed by atoms with Crippen LogP contribution in [0.5, 0.6) is 5.75 Å². The quantitative estimate of drug-likeness (QED) is 0.739. The summed E-state index contributed by atoms with van der Waals surface area (Å²) in [6.45, 7) is 2.78. The zero-order chi connectivity index (χ0) is 15.6. The normalized spacial score (nSPS) is 21.4. The van der Waals surface area contributed by atoms with E-state index >= 15 is 0 Å². The fourth-order valence-electron chi connectivity index (χ4n) is 2.64. The van der Waals surface area contributed by atoms with Gasteiger partial charge >= 0.3 is 0 Å². The minimum atomic E-state index is -0.324. The highest BCUT2D eigenvalue weighted by Crippen LogP contribution is 2.26. The van der Waals surface area contributed by atoms with Gasteiger partial charge in [0.25, 0.3) is 0 Å². The summed E-state index contributed by atoms with van der Waals surface area (Å²) in [4.78, 5) is 4.27. The van der Waals surface area contributed by atoms with Crippen LogP contribution in [0.1, 0.15) is 17.7 Å². The monoisotopic (exact) mass is 311 g/mol. The maximum absolute atomic E-state index is 5.92. The molecule has 0 saturated carbocycles. The van der Waals surface area contributed by atoms with Crippen LogP contribution in [-0.2, 0) is 9.47 Å². The van der Waals surface area contributed by atoms with Crippen LogP contribution in [0.2, 0.25) is 0 Å². The van der Waals surface area contributed by atoms with Crippen LogP contribution >= 0.6 is 0 Å². The van der Waals surface area contributed by atoms with Gasteiger partial charge in [-0.2, -0.15) is 0 Å². The van der Waals surface area contributed by atoms with Crippen LogP contribution in [0, 0.1) is 6.92 Å². The summed E-state index contributed by atoms with van der Waals surface area (Å²) in [6, 6.07) is 15.5. The number of hydrogen-bond acceptors (Lipinski definition) is 5. The molecule has 0 N–H and O–H groups in total. The third kappa shape index (κ3) is 3.06. The zero-order valence-corrected chi connectivity index (χ0v) is 12.8. The van der Waals surface area contributed by atoms with E-state index in [9.17, 15) is 0 Å². The Bertz CT molecular complexity index is 791. The highest BCUT2D eigenvalue weighted by atomic mass is 16.7. The fraction of sp³-hybridized carbons (Fsp3) is 0.278. The van der Waals surface area contributed by atoms with E-state index in [4.69, 9.17) is 18.6 Å². The molecule has 4 rings (SSSR count). The second kappa shape index (κ2) is 6.02. The van der Waals surface area contributed by atoms with Gasteiger partial charge in [-0.3, -0.25) is 0 Å². The van der Waals surface area contributed by atoms with Gasteiger partial charge in [-0.05, 0) is 12.1 Å². The van der Waals surface area contributed by atoms with Gasteiger partial charge in [-0.1, -0.05) is 30.3 Å². The van der Waals surface area contributed by atoms with E-state index in [1.807, 2.05) is 55.5 Å². The fourth-order valence-corrected chi connectivity index (χ4v) is 2.64. The van der Waals surface area contributed by atoms with E-state index in [-0.39, 0.29) is 12.4 Å². The van der Waals surface area contributed by atoms with Gasteiger partial charge < -0.3 is 18.6 Å². The first-order chi connectivity index (χ1) is 11.3. The van der Waals surface area contributed by atoms with Crippen LogP contribution < -0.4 is 4.74 Å². The van der Waals surface area contributed by atoms with Crippen molar-refractivity contribution in [2.75, 3.05) is 13.2 Å². The van der Waals surface area contributed by atoms with Crippen molar-refractivity contribution < 1.29 is 18.6 Å². The van der Waals surface area contributed by atoms with Gasteiger partial charge in [0.2, 0.25) is 0 Å². The SMILES string of the molecule is Cc1nc2ccc(OC3COC(c4ccccc4)OC3)cc2o1. The maximum Gasteiger partial charge on any atom is 0.192 e. The van der Waals surface area contributed by atoms with Crippen molar-refractivity contribution in [2.45, 2.75) is 19.3 Å². The summed E-state index contributed by atoms with van der Waals surface area (Å²) in [5.74, 6) is 1.37. The van der Waals surface area contributed by atoms with Gasteiger partial charge in [-0.15, -0.1) is 0 Å². The predicted octanol–water partition coefficient (Wildman–Crippen LogP) is 3.63. The molecule has 1 aromatic heterocycles. The van der Waals surface area contributed by atoms with Crippen LogP contribution in [0.25, 0.3) is 11.1 Å². The van der Waals surface area contributed by atoms with E-state index in [2.05, 4.69) is 4.98 Å². The summed E-state index contributed by atoms with van der Waals surface area (Å²) in [5.41, 5.74) is 2.57. The molecule has 1 aliphatic heterocycles. The van der Waals surface area contributed by atoms with Crippen molar-refractivity contribution >= 4 is 11.1 Å². The highest BCUT2D eigenvalue weighted by molar-refractivity contribution is 5.74. The molecule has 2 aromatic carbocycles. The van der Waals surface area contributed by atoms with Crippen molar-refractivity contribution in [2.24, 2.45) is 0 Å². The second-order valence-electron chi connectivity index (χ2n) is 5.51. The number of ether oxygens (including phenoxy) is 3. The molecule has 0 amide bonds. The highest BCUT2D eigenvalue weighted by Gasteiger charge is 2.24. The molecule has 5 heteroatoms. The van der Waals surface area contributed by atoms with Crippen LogP contribution in [0.4, 0.5) is 0 Å². The number of hydrogen-bond donors (Lipinski definition) is 0. The molecule has 0 aliphatic carbocycles. The number of aryl methyl sites for hydroxylation is 1. The second-order valence-corrected chi connectivity index (χ2v) is 5.51. The van der Waals surface area contributed by atoms with Crippen molar-refractivity contribution in [1.29, 1.82) is 0 Å². The van der Waals surface area contributed by atoms with E-state index < -0.39 is 0 Å². The first-order valence-corrected chi connectivity index (χ1v) is 7.60. The van der Waals surface area contributed by atoms with Crippen molar-refractivity contribution in [3.05, 3.63) is 60.0 Å². The molecule has 1 saturated heterocycles. The zero-order valence-electron chi connectivity index (χ0n) is 12.8. The van der Waals surface area contributed by atoms with Crippen LogP contribution in [-0.4, -0.2) is 24.3 Å². The first-order valence-electron chi connectivity index (χ1n) is 7.60. The summed E-state index contributed by atoms with van der Waals surface area (Å²) >= 11 is 0. The summed E-state index contributed by atoms with van der Waals surface area (Å²) < 4.78 is 23.0. The lowest BCUT2D eigenvalue weighted by Crippen LogP contribution is -2.35. The summed E-state index contributed by atoms with van der Waals surface area (Å²) in [6.07, 6.45) is -0.466. The first kappa shape index (κ1) is 14.2. The van der Waals surface area contributed by atoms with Crippen LogP contribution in [0.3, 0.4) is 0 Å². The molecule has 2 heterocycles. The van der Waals surface area contributed by atoms with Gasteiger partial charge in [0.1, 0.15) is 17.4 Å². The number of oxazole rings is 1. The van der Waals surface area contributed by atoms with Crippen molar-refractivity contribution in [1.82, 2.24) is 4.98 Å². The minimum Gasteiger partial charge on any atom is -0.485 e. The third-order valence-electron chi connectivity index (χ3n) is 3.71. The topological polar surface area (TPSA) is 53.7 Å². The molecule has 5 nitrogen and oxygen atoms in total. The van der Waals surface area contributed by atoms with Gasteiger partial charge in [0, 0.05) is 18.6 Å². The standard InChI is InChI=1S/C18H17NO4/c1-12-19-16-8-7-14(9-17(16)22-12)23-15-10-20-18(21-11-15)13-5-3-2-4-6-13/h2-9,15,18H,10-11H2,1H3. The number of benzene rings is 2. The lowest BCUT2D eigenvalue weighted by atomic mass is 10.2. The molecular formula is C18H17NO4. The molecule has 0 atom stereocenters. The van der Waals surface area contributed by atoms with Crippen molar-refractivity contribution in [3.8, 4) is 5.75 Å². The molecule has 1 aliphatic rings. The van der Waals surface area contributed by atoms with Crippen molar-refractivity contribution in [3.63, 3.8) is 0 Å². The Labute approximate surface area is 133 Å². The van der Waals surface area contributed by atoms with Gasteiger partial charge in [-0.25, -0.2) is 4.98 Å². The Kier molecular flexibility index (Phi) is 3.73. The molecule has 1 fully saturated rings.